The SMILES string of the molecule is CNC(c1ccc(C)o1)c1sccc1Cl. The first-order chi connectivity index (χ1) is 7.22. The van der Waals surface area contributed by atoms with Crippen molar-refractivity contribution < 1.29 is 4.42 Å². The summed E-state index contributed by atoms with van der Waals surface area (Å²) in [7, 11) is 1.90. The molecule has 1 unspecified atom stereocenters. The molecule has 0 aliphatic carbocycles. The van der Waals surface area contributed by atoms with Crippen LogP contribution in [-0.4, -0.2) is 7.05 Å². The molecule has 0 bridgehead atoms. The van der Waals surface area contributed by atoms with E-state index < -0.39 is 0 Å². The van der Waals surface area contributed by atoms with Gasteiger partial charge in [0.05, 0.1) is 5.02 Å². The van der Waals surface area contributed by atoms with E-state index in [4.69, 9.17) is 16.0 Å². The van der Waals surface area contributed by atoms with Crippen molar-refractivity contribution >= 4 is 22.9 Å². The molecule has 0 spiro atoms. The van der Waals surface area contributed by atoms with Crippen LogP contribution < -0.4 is 5.32 Å². The summed E-state index contributed by atoms with van der Waals surface area (Å²) in [4.78, 5) is 1.09. The first-order valence-corrected chi connectivity index (χ1v) is 5.94. The number of nitrogens with one attached hydrogen (secondary N) is 1. The second kappa shape index (κ2) is 4.39. The molecule has 4 heteroatoms. The van der Waals surface area contributed by atoms with Crippen molar-refractivity contribution in [3.8, 4) is 0 Å². The molecule has 2 rings (SSSR count). The summed E-state index contributed by atoms with van der Waals surface area (Å²) in [5.41, 5.74) is 0. The normalized spacial score (nSPS) is 13.0. The zero-order valence-corrected chi connectivity index (χ0v) is 10.2. The highest BCUT2D eigenvalue weighted by Gasteiger charge is 2.19. The zero-order valence-electron chi connectivity index (χ0n) is 8.58. The summed E-state index contributed by atoms with van der Waals surface area (Å²) in [5, 5.41) is 5.98. The molecule has 0 aromatic carbocycles. The zero-order chi connectivity index (χ0) is 10.8. The van der Waals surface area contributed by atoms with Crippen LogP contribution in [-0.2, 0) is 0 Å². The molecule has 1 atom stereocenters. The van der Waals surface area contributed by atoms with Gasteiger partial charge in [0.2, 0.25) is 0 Å². The van der Waals surface area contributed by atoms with Gasteiger partial charge in [0.25, 0.3) is 0 Å². The molecule has 0 radical (unpaired) electrons. The number of furan rings is 1. The van der Waals surface area contributed by atoms with Crippen LogP contribution in [0.2, 0.25) is 5.02 Å². The largest absolute Gasteiger partial charge is 0.464 e. The molecule has 2 heterocycles. The van der Waals surface area contributed by atoms with E-state index in [0.717, 1.165) is 21.4 Å². The molecule has 15 heavy (non-hydrogen) atoms. The average molecular weight is 242 g/mol. The van der Waals surface area contributed by atoms with Crippen molar-refractivity contribution in [3.63, 3.8) is 0 Å². The van der Waals surface area contributed by atoms with Gasteiger partial charge in [-0.15, -0.1) is 11.3 Å². The molecule has 80 valence electrons. The minimum absolute atomic E-state index is 0.0474. The molecular formula is C11H12ClNOS. The van der Waals surface area contributed by atoms with Crippen molar-refractivity contribution in [1.82, 2.24) is 5.32 Å². The lowest BCUT2D eigenvalue weighted by molar-refractivity contribution is 0.446. The Morgan fingerprint density at radius 2 is 2.20 bits per heavy atom. The Hall–Kier alpha value is -0.770. The first kappa shape index (κ1) is 10.7. The number of halogens is 1. The lowest BCUT2D eigenvalue weighted by atomic mass is 10.2. The van der Waals surface area contributed by atoms with Gasteiger partial charge in [0.1, 0.15) is 17.6 Å². The summed E-state index contributed by atoms with van der Waals surface area (Å²) >= 11 is 7.73. The maximum absolute atomic E-state index is 6.10. The van der Waals surface area contributed by atoms with Crippen LogP contribution in [0.5, 0.6) is 0 Å². The second-order valence-electron chi connectivity index (χ2n) is 3.30. The van der Waals surface area contributed by atoms with E-state index in [9.17, 15) is 0 Å². The third kappa shape index (κ3) is 2.09. The standard InChI is InChI=1S/C11H12ClNOS/c1-7-3-4-9(14-7)10(13-2)11-8(12)5-6-15-11/h3-6,10,13H,1-2H3. The summed E-state index contributed by atoms with van der Waals surface area (Å²) < 4.78 is 5.60. The van der Waals surface area contributed by atoms with E-state index in [0.29, 0.717) is 0 Å². The monoisotopic (exact) mass is 241 g/mol. The number of thiophene rings is 1. The second-order valence-corrected chi connectivity index (χ2v) is 4.66. The number of hydrogen-bond acceptors (Lipinski definition) is 3. The molecule has 2 aromatic heterocycles. The van der Waals surface area contributed by atoms with Gasteiger partial charge in [-0.05, 0) is 37.6 Å². The molecule has 1 N–H and O–H groups in total. The van der Waals surface area contributed by atoms with Crippen LogP contribution in [0.15, 0.2) is 28.0 Å². The van der Waals surface area contributed by atoms with Gasteiger partial charge in [0, 0.05) is 4.88 Å². The summed E-state index contributed by atoms with van der Waals surface area (Å²) in [5.74, 6) is 1.82. The Bertz CT molecular complexity index is 449. The van der Waals surface area contributed by atoms with Gasteiger partial charge in [-0.2, -0.15) is 0 Å². The molecule has 0 saturated heterocycles. The van der Waals surface area contributed by atoms with Crippen molar-refractivity contribution in [2.24, 2.45) is 0 Å². The molecule has 0 fully saturated rings. The van der Waals surface area contributed by atoms with Crippen LogP contribution in [0.3, 0.4) is 0 Å². The van der Waals surface area contributed by atoms with Crippen molar-refractivity contribution in [2.45, 2.75) is 13.0 Å². The van der Waals surface area contributed by atoms with E-state index in [1.165, 1.54) is 0 Å². The minimum Gasteiger partial charge on any atom is -0.464 e. The molecular weight excluding hydrogens is 230 g/mol. The van der Waals surface area contributed by atoms with Crippen LogP contribution in [0, 0.1) is 6.92 Å². The van der Waals surface area contributed by atoms with Gasteiger partial charge in [-0.1, -0.05) is 11.6 Å². The van der Waals surface area contributed by atoms with E-state index >= 15 is 0 Å². The van der Waals surface area contributed by atoms with Gasteiger partial charge >= 0.3 is 0 Å². The number of rotatable bonds is 3. The topological polar surface area (TPSA) is 25.2 Å². The summed E-state index contributed by atoms with van der Waals surface area (Å²) in [6.07, 6.45) is 0. The first-order valence-electron chi connectivity index (χ1n) is 4.69. The maximum atomic E-state index is 6.10. The lowest BCUT2D eigenvalue weighted by Crippen LogP contribution is -2.16. The average Bonchev–Trinajstić information content (AvgIpc) is 2.79. The molecule has 0 aliphatic heterocycles. The quantitative estimate of drug-likeness (QED) is 0.888. The predicted octanol–water partition coefficient (Wildman–Crippen LogP) is 3.61. The Balaban J connectivity index is 2.36. The molecule has 2 aromatic rings. The predicted molar refractivity (Wildman–Crippen MR) is 63.7 cm³/mol. The molecule has 2 nitrogen and oxygen atoms in total. The Morgan fingerprint density at radius 3 is 2.67 bits per heavy atom. The highest BCUT2D eigenvalue weighted by molar-refractivity contribution is 7.10. The van der Waals surface area contributed by atoms with E-state index in [2.05, 4.69) is 5.32 Å². The van der Waals surface area contributed by atoms with Gasteiger partial charge in [-0.3, -0.25) is 0 Å². The van der Waals surface area contributed by atoms with Crippen molar-refractivity contribution in [2.75, 3.05) is 7.05 Å². The summed E-state index contributed by atoms with van der Waals surface area (Å²) in [6, 6.07) is 5.89. The number of hydrogen-bond donors (Lipinski definition) is 1. The van der Waals surface area contributed by atoms with Crippen molar-refractivity contribution in [3.05, 3.63) is 45.0 Å². The molecule has 0 amide bonds. The van der Waals surface area contributed by atoms with Gasteiger partial charge in [-0.25, -0.2) is 0 Å². The maximum Gasteiger partial charge on any atom is 0.126 e. The fraction of sp³-hybridized carbons (Fsp3) is 0.273. The summed E-state index contributed by atoms with van der Waals surface area (Å²) in [6.45, 7) is 1.94. The van der Waals surface area contributed by atoms with Gasteiger partial charge in [0.15, 0.2) is 0 Å². The lowest BCUT2D eigenvalue weighted by Gasteiger charge is -2.12. The van der Waals surface area contributed by atoms with Crippen LogP contribution in [0.1, 0.15) is 22.4 Å². The fourth-order valence-electron chi connectivity index (χ4n) is 1.52. The third-order valence-corrected chi connectivity index (χ3v) is 3.66. The Labute approximate surface area is 97.9 Å². The highest BCUT2D eigenvalue weighted by atomic mass is 35.5. The smallest absolute Gasteiger partial charge is 0.126 e. The number of aryl methyl sites for hydroxylation is 1. The van der Waals surface area contributed by atoms with Gasteiger partial charge < -0.3 is 9.73 Å². The Kier molecular flexibility index (Phi) is 3.14. The minimum atomic E-state index is 0.0474. The van der Waals surface area contributed by atoms with Crippen molar-refractivity contribution in [1.29, 1.82) is 0 Å². The molecule has 0 aliphatic rings. The molecule has 0 saturated carbocycles. The fourth-order valence-corrected chi connectivity index (χ4v) is 2.80. The van der Waals surface area contributed by atoms with E-state index in [1.807, 2.05) is 37.6 Å². The highest BCUT2D eigenvalue weighted by Crippen LogP contribution is 2.33. The van der Waals surface area contributed by atoms with Crippen LogP contribution in [0.25, 0.3) is 0 Å². The van der Waals surface area contributed by atoms with E-state index in [1.54, 1.807) is 11.3 Å². The van der Waals surface area contributed by atoms with Crippen LogP contribution >= 0.6 is 22.9 Å². The third-order valence-electron chi connectivity index (χ3n) is 2.24. The Morgan fingerprint density at radius 1 is 1.40 bits per heavy atom. The van der Waals surface area contributed by atoms with E-state index in [-0.39, 0.29) is 6.04 Å². The van der Waals surface area contributed by atoms with Crippen LogP contribution in [0.4, 0.5) is 0 Å².